The van der Waals surface area contributed by atoms with Gasteiger partial charge in [-0.2, -0.15) is 0 Å². The Hall–Kier alpha value is -3.56. The first-order valence-electron chi connectivity index (χ1n) is 13.7. The number of hydrogen-bond acceptors (Lipinski definition) is 5. The van der Waals surface area contributed by atoms with Gasteiger partial charge in [-0.1, -0.05) is 54.1 Å². The first kappa shape index (κ1) is 32.0. The van der Waals surface area contributed by atoms with Crippen molar-refractivity contribution in [1.82, 2.24) is 10.2 Å². The van der Waals surface area contributed by atoms with Crippen molar-refractivity contribution in [2.45, 2.75) is 45.7 Å². The number of nitrogens with one attached hydrogen (secondary N) is 1. The number of hydrogen-bond donors (Lipinski definition) is 1. The van der Waals surface area contributed by atoms with E-state index in [2.05, 4.69) is 5.32 Å². The van der Waals surface area contributed by atoms with Crippen LogP contribution >= 0.6 is 11.6 Å². The summed E-state index contributed by atoms with van der Waals surface area (Å²) in [6, 6.07) is 22.8. The van der Waals surface area contributed by atoms with Gasteiger partial charge >= 0.3 is 0 Å². The number of rotatable bonds is 15. The quantitative estimate of drug-likeness (QED) is 0.263. The Kier molecular flexibility index (Phi) is 12.0. The molecule has 41 heavy (non-hydrogen) atoms. The lowest BCUT2D eigenvalue weighted by Crippen LogP contribution is -2.50. The van der Waals surface area contributed by atoms with Crippen LogP contribution in [0.3, 0.4) is 0 Å². The summed E-state index contributed by atoms with van der Waals surface area (Å²) >= 11 is 6.08. The number of likely N-dealkylation sites (N-methyl/N-ethyl adjacent to an activating group) is 1. The SMILES string of the molecule is CCNC(=O)[C@@H](Cc1ccccc1)N(Cc1ccc(Cl)cc1)C(=O)CCCN(c1ccc(OCC)cc1)S(C)(=O)=O. The zero-order valence-corrected chi connectivity index (χ0v) is 25.3. The zero-order chi connectivity index (χ0) is 29.8. The molecule has 3 aromatic rings. The Bertz CT molecular complexity index is 1370. The summed E-state index contributed by atoms with van der Waals surface area (Å²) in [5.74, 6) is 0.158. The molecule has 1 atom stereocenters. The topological polar surface area (TPSA) is 96.0 Å². The van der Waals surface area contributed by atoms with Crippen LogP contribution in [-0.2, 0) is 32.6 Å². The maximum absolute atomic E-state index is 13.8. The summed E-state index contributed by atoms with van der Waals surface area (Å²) in [6.07, 6.45) is 1.81. The largest absolute Gasteiger partial charge is 0.494 e. The van der Waals surface area contributed by atoms with Gasteiger partial charge in [-0.15, -0.1) is 0 Å². The smallest absolute Gasteiger partial charge is 0.243 e. The van der Waals surface area contributed by atoms with Crippen LogP contribution in [0.2, 0.25) is 5.02 Å². The molecule has 0 saturated carbocycles. The Labute approximate surface area is 248 Å². The maximum atomic E-state index is 13.8. The van der Waals surface area contributed by atoms with E-state index in [1.165, 1.54) is 4.31 Å². The molecule has 0 radical (unpaired) electrons. The molecule has 0 aliphatic carbocycles. The number of sulfonamides is 1. The minimum atomic E-state index is -3.60. The van der Waals surface area contributed by atoms with Crippen LogP contribution in [0.4, 0.5) is 5.69 Å². The average Bonchev–Trinajstić information content (AvgIpc) is 2.94. The monoisotopic (exact) mass is 599 g/mol. The highest BCUT2D eigenvalue weighted by atomic mass is 35.5. The second-order valence-electron chi connectivity index (χ2n) is 9.61. The first-order chi connectivity index (χ1) is 19.6. The fraction of sp³-hybridized carbons (Fsp3) is 0.355. The molecule has 220 valence electrons. The number of halogens is 1. The number of carbonyl (C=O) groups excluding carboxylic acids is 2. The van der Waals surface area contributed by atoms with Crippen molar-refractivity contribution in [2.24, 2.45) is 0 Å². The first-order valence-corrected chi connectivity index (χ1v) is 15.9. The third kappa shape index (κ3) is 9.79. The number of nitrogens with zero attached hydrogens (tertiary/aromatic N) is 2. The van der Waals surface area contributed by atoms with Gasteiger partial charge in [-0.3, -0.25) is 13.9 Å². The normalized spacial score (nSPS) is 11.9. The molecular formula is C31H38ClN3O5S. The van der Waals surface area contributed by atoms with Gasteiger partial charge in [0, 0.05) is 37.5 Å². The fourth-order valence-electron chi connectivity index (χ4n) is 4.51. The van der Waals surface area contributed by atoms with Crippen molar-refractivity contribution in [3.05, 3.63) is 95.0 Å². The van der Waals surface area contributed by atoms with Gasteiger partial charge in [0.15, 0.2) is 0 Å². The third-order valence-electron chi connectivity index (χ3n) is 6.48. The van der Waals surface area contributed by atoms with E-state index in [-0.39, 0.29) is 37.7 Å². The van der Waals surface area contributed by atoms with Gasteiger partial charge in [0.2, 0.25) is 21.8 Å². The van der Waals surface area contributed by atoms with Crippen LogP contribution in [0.15, 0.2) is 78.9 Å². The molecule has 0 bridgehead atoms. The molecule has 3 aromatic carbocycles. The van der Waals surface area contributed by atoms with E-state index in [1.54, 1.807) is 41.3 Å². The minimum absolute atomic E-state index is 0.0569. The number of benzene rings is 3. The second kappa shape index (κ2) is 15.4. The molecule has 0 aliphatic rings. The highest BCUT2D eigenvalue weighted by molar-refractivity contribution is 7.92. The van der Waals surface area contributed by atoms with Crippen molar-refractivity contribution in [1.29, 1.82) is 0 Å². The van der Waals surface area contributed by atoms with E-state index in [9.17, 15) is 18.0 Å². The molecular weight excluding hydrogens is 562 g/mol. The van der Waals surface area contributed by atoms with Crippen LogP contribution in [0.5, 0.6) is 5.75 Å². The standard InChI is InChI=1S/C31H38ClN3O5S/c1-4-33-31(37)29(22-24-10-7-6-8-11-24)34(23-25-13-15-26(32)16-14-25)30(36)12-9-21-35(41(3,38)39)27-17-19-28(20-18-27)40-5-2/h6-8,10-11,13-20,29H,4-5,9,12,21-23H2,1-3H3,(H,33,37)/t29-/m1/s1. The maximum Gasteiger partial charge on any atom is 0.243 e. The number of amides is 2. The molecule has 3 rings (SSSR count). The molecule has 8 nitrogen and oxygen atoms in total. The van der Waals surface area contributed by atoms with Crippen LogP contribution in [0.1, 0.15) is 37.8 Å². The predicted octanol–water partition coefficient (Wildman–Crippen LogP) is 5.06. The zero-order valence-electron chi connectivity index (χ0n) is 23.8. The Morgan fingerprint density at radius 2 is 1.59 bits per heavy atom. The van der Waals surface area contributed by atoms with Crippen molar-refractivity contribution < 1.29 is 22.7 Å². The summed E-state index contributed by atoms with van der Waals surface area (Å²) in [5, 5.41) is 3.45. The third-order valence-corrected chi connectivity index (χ3v) is 7.92. The van der Waals surface area contributed by atoms with E-state index in [4.69, 9.17) is 16.3 Å². The minimum Gasteiger partial charge on any atom is -0.494 e. The molecule has 0 heterocycles. The number of ether oxygens (including phenoxy) is 1. The van der Waals surface area contributed by atoms with E-state index in [1.807, 2.05) is 56.3 Å². The Morgan fingerprint density at radius 1 is 0.927 bits per heavy atom. The highest BCUT2D eigenvalue weighted by Crippen LogP contribution is 2.23. The average molecular weight is 600 g/mol. The molecule has 0 unspecified atom stereocenters. The van der Waals surface area contributed by atoms with Crippen LogP contribution in [0.25, 0.3) is 0 Å². The van der Waals surface area contributed by atoms with E-state index >= 15 is 0 Å². The van der Waals surface area contributed by atoms with Crippen LogP contribution in [-0.4, -0.2) is 57.1 Å². The van der Waals surface area contributed by atoms with Crippen molar-refractivity contribution in [2.75, 3.05) is 30.3 Å². The molecule has 10 heteroatoms. The fourth-order valence-corrected chi connectivity index (χ4v) is 5.60. The van der Waals surface area contributed by atoms with Gasteiger partial charge < -0.3 is 15.0 Å². The van der Waals surface area contributed by atoms with Crippen LogP contribution < -0.4 is 14.4 Å². The molecule has 0 aliphatic heterocycles. The number of carbonyl (C=O) groups is 2. The summed E-state index contributed by atoms with van der Waals surface area (Å²) in [5.41, 5.74) is 2.25. The van der Waals surface area contributed by atoms with E-state index in [0.717, 1.165) is 17.4 Å². The lowest BCUT2D eigenvalue weighted by atomic mass is 10.0. The predicted molar refractivity (Wildman–Crippen MR) is 164 cm³/mol. The highest BCUT2D eigenvalue weighted by Gasteiger charge is 2.30. The van der Waals surface area contributed by atoms with Gasteiger partial charge in [0.1, 0.15) is 11.8 Å². The number of anilines is 1. The molecule has 0 saturated heterocycles. The van der Waals surface area contributed by atoms with Crippen molar-refractivity contribution >= 4 is 39.1 Å². The summed E-state index contributed by atoms with van der Waals surface area (Å²) in [7, 11) is -3.60. The molecule has 0 fully saturated rings. The Morgan fingerprint density at radius 3 is 2.17 bits per heavy atom. The van der Waals surface area contributed by atoms with Crippen molar-refractivity contribution in [3.63, 3.8) is 0 Å². The molecule has 0 spiro atoms. The summed E-state index contributed by atoms with van der Waals surface area (Å²) in [6.45, 7) is 4.96. The summed E-state index contributed by atoms with van der Waals surface area (Å²) in [4.78, 5) is 28.6. The van der Waals surface area contributed by atoms with E-state index < -0.39 is 16.1 Å². The van der Waals surface area contributed by atoms with E-state index in [0.29, 0.717) is 36.0 Å². The van der Waals surface area contributed by atoms with Crippen molar-refractivity contribution in [3.8, 4) is 5.75 Å². The molecule has 0 aromatic heterocycles. The lowest BCUT2D eigenvalue weighted by molar-refractivity contribution is -0.141. The summed E-state index contributed by atoms with van der Waals surface area (Å²) < 4.78 is 32.0. The molecule has 1 N–H and O–H groups in total. The second-order valence-corrected chi connectivity index (χ2v) is 12.0. The van der Waals surface area contributed by atoms with Crippen LogP contribution in [0, 0.1) is 0 Å². The lowest BCUT2D eigenvalue weighted by Gasteiger charge is -2.32. The Balaban J connectivity index is 1.83. The molecule has 2 amide bonds. The van der Waals surface area contributed by atoms with Gasteiger partial charge in [0.05, 0.1) is 18.6 Å². The van der Waals surface area contributed by atoms with Gasteiger partial charge in [-0.25, -0.2) is 8.42 Å². The van der Waals surface area contributed by atoms with Gasteiger partial charge in [-0.05, 0) is 67.8 Å². The van der Waals surface area contributed by atoms with Gasteiger partial charge in [0.25, 0.3) is 0 Å².